The number of nitrogens with one attached hydrogen (secondary N) is 1. The highest BCUT2D eigenvalue weighted by Gasteiger charge is 2.19. The summed E-state index contributed by atoms with van der Waals surface area (Å²) >= 11 is 3.57. The van der Waals surface area contributed by atoms with Gasteiger partial charge in [0.15, 0.2) is 17.6 Å². The molecular weight excluding hydrogens is 436 g/mol. The van der Waals surface area contributed by atoms with Crippen molar-refractivity contribution in [2.24, 2.45) is 5.10 Å². The Balaban J connectivity index is 1.69. The predicted octanol–water partition coefficient (Wildman–Crippen LogP) is 4.62. The average molecular weight is 457 g/mol. The minimum absolute atomic E-state index is 0.0362. The summed E-state index contributed by atoms with van der Waals surface area (Å²) in [6.07, 6.45) is 1.26. The van der Waals surface area contributed by atoms with E-state index < -0.39 is 6.10 Å². The van der Waals surface area contributed by atoms with Crippen molar-refractivity contribution in [3.05, 3.63) is 64.6 Å². The van der Waals surface area contributed by atoms with E-state index in [0.717, 1.165) is 15.2 Å². The van der Waals surface area contributed by atoms with Gasteiger partial charge >= 0.3 is 0 Å². The Morgan fingerprint density at radius 2 is 2.00 bits per heavy atom. The number of methoxy groups -OCH3 is 1. The van der Waals surface area contributed by atoms with Gasteiger partial charge in [0.1, 0.15) is 5.75 Å². The lowest BCUT2D eigenvalue weighted by Crippen LogP contribution is -2.35. The Bertz CT molecular complexity index is 1050. The van der Waals surface area contributed by atoms with Gasteiger partial charge in [-0.05, 0) is 63.0 Å². The minimum atomic E-state index is -0.695. The summed E-state index contributed by atoms with van der Waals surface area (Å²) in [5.74, 6) is 0.609. The van der Waals surface area contributed by atoms with E-state index in [2.05, 4.69) is 26.5 Å². The van der Waals surface area contributed by atoms with Gasteiger partial charge < -0.3 is 14.6 Å². The third kappa shape index (κ3) is 4.86. The SMILES string of the molecule is CC[C@@H](Oc1ccc2ccccc2c1Br)C(=O)N/N=C\c1ccc(O)c(OC)c1. The smallest absolute Gasteiger partial charge is 0.281 e. The van der Waals surface area contributed by atoms with E-state index >= 15 is 0 Å². The van der Waals surface area contributed by atoms with Crippen molar-refractivity contribution in [2.45, 2.75) is 19.4 Å². The van der Waals surface area contributed by atoms with Gasteiger partial charge in [-0.3, -0.25) is 4.79 Å². The zero-order valence-electron chi connectivity index (χ0n) is 16.1. The largest absolute Gasteiger partial charge is 0.504 e. The molecule has 0 fully saturated rings. The van der Waals surface area contributed by atoms with Gasteiger partial charge in [-0.2, -0.15) is 5.10 Å². The normalized spacial score (nSPS) is 12.1. The second-order valence-corrected chi connectivity index (χ2v) is 7.07. The van der Waals surface area contributed by atoms with Crippen molar-refractivity contribution in [1.29, 1.82) is 0 Å². The quantitative estimate of drug-likeness (QED) is 0.401. The molecule has 3 rings (SSSR count). The number of carbonyl (C=O) groups is 1. The van der Waals surface area contributed by atoms with Gasteiger partial charge in [-0.25, -0.2) is 5.43 Å². The maximum atomic E-state index is 12.5. The molecule has 1 amide bonds. The Morgan fingerprint density at radius 1 is 1.21 bits per heavy atom. The van der Waals surface area contributed by atoms with Gasteiger partial charge in [0.05, 0.1) is 17.8 Å². The van der Waals surface area contributed by atoms with Crippen molar-refractivity contribution >= 4 is 38.8 Å². The van der Waals surface area contributed by atoms with Gasteiger partial charge in [0.2, 0.25) is 0 Å². The molecule has 1 atom stereocenters. The zero-order chi connectivity index (χ0) is 20.8. The third-order valence-corrected chi connectivity index (χ3v) is 5.17. The van der Waals surface area contributed by atoms with Crippen LogP contribution in [0.4, 0.5) is 0 Å². The van der Waals surface area contributed by atoms with Crippen LogP contribution in [0.2, 0.25) is 0 Å². The first-order chi connectivity index (χ1) is 14.0. The molecule has 0 saturated carbocycles. The molecular formula is C22H21BrN2O4. The number of hydrogen-bond acceptors (Lipinski definition) is 5. The molecule has 0 heterocycles. The molecule has 3 aromatic rings. The van der Waals surface area contributed by atoms with Crippen LogP contribution in [-0.4, -0.2) is 30.4 Å². The summed E-state index contributed by atoms with van der Waals surface area (Å²) in [4.78, 5) is 12.5. The first-order valence-electron chi connectivity index (χ1n) is 9.07. The lowest BCUT2D eigenvalue weighted by Gasteiger charge is -2.17. The Hall–Kier alpha value is -3.06. The fourth-order valence-corrected chi connectivity index (χ4v) is 3.38. The standard InChI is InChI=1S/C22H21BrN2O4/c1-3-18(29-19-11-9-15-6-4-5-7-16(15)21(19)23)22(27)25-24-13-14-8-10-17(26)20(12-14)28-2/h4-13,18,26H,3H2,1-2H3,(H,25,27)/b24-13-/t18-/m1/s1. The lowest BCUT2D eigenvalue weighted by molar-refractivity contribution is -0.128. The summed E-state index contributed by atoms with van der Waals surface area (Å²) in [5.41, 5.74) is 3.17. The summed E-state index contributed by atoms with van der Waals surface area (Å²) < 4.78 is 11.8. The maximum Gasteiger partial charge on any atom is 0.281 e. The van der Waals surface area contributed by atoms with E-state index in [1.165, 1.54) is 19.4 Å². The molecule has 150 valence electrons. The number of fused-ring (bicyclic) bond motifs is 1. The summed E-state index contributed by atoms with van der Waals surface area (Å²) in [7, 11) is 1.46. The number of aromatic hydroxyl groups is 1. The van der Waals surface area contributed by atoms with Crippen LogP contribution in [0, 0.1) is 0 Å². The maximum absolute atomic E-state index is 12.5. The van der Waals surface area contributed by atoms with E-state index in [-0.39, 0.29) is 11.7 Å². The highest BCUT2D eigenvalue weighted by atomic mass is 79.9. The number of hydrogen-bond donors (Lipinski definition) is 2. The van der Waals surface area contributed by atoms with Crippen molar-refractivity contribution in [2.75, 3.05) is 7.11 Å². The second-order valence-electron chi connectivity index (χ2n) is 6.28. The molecule has 0 aliphatic heterocycles. The molecule has 7 heteroatoms. The highest BCUT2D eigenvalue weighted by Crippen LogP contribution is 2.33. The van der Waals surface area contributed by atoms with Crippen LogP contribution in [0.3, 0.4) is 0 Å². The lowest BCUT2D eigenvalue weighted by atomic mass is 10.1. The van der Waals surface area contributed by atoms with Gasteiger partial charge in [-0.1, -0.05) is 37.3 Å². The van der Waals surface area contributed by atoms with Crippen molar-refractivity contribution in [3.63, 3.8) is 0 Å². The number of amides is 1. The van der Waals surface area contributed by atoms with Crippen molar-refractivity contribution < 1.29 is 19.4 Å². The molecule has 3 aromatic carbocycles. The van der Waals surface area contributed by atoms with E-state index in [0.29, 0.717) is 23.5 Å². The summed E-state index contributed by atoms with van der Waals surface area (Å²) in [6, 6.07) is 16.5. The van der Waals surface area contributed by atoms with E-state index in [1.807, 2.05) is 43.3 Å². The second kappa shape index (κ2) is 9.43. The molecule has 0 unspecified atom stereocenters. The molecule has 0 saturated heterocycles. The number of benzene rings is 3. The number of phenols is 1. The first-order valence-corrected chi connectivity index (χ1v) is 9.86. The van der Waals surface area contributed by atoms with E-state index in [9.17, 15) is 9.90 Å². The van der Waals surface area contributed by atoms with E-state index in [4.69, 9.17) is 9.47 Å². The number of phenolic OH excluding ortho intramolecular Hbond substituents is 1. The minimum Gasteiger partial charge on any atom is -0.504 e. The predicted molar refractivity (Wildman–Crippen MR) is 117 cm³/mol. The Labute approximate surface area is 177 Å². The van der Waals surface area contributed by atoms with Gasteiger partial charge in [-0.15, -0.1) is 0 Å². The number of halogens is 1. The molecule has 0 aliphatic rings. The fourth-order valence-electron chi connectivity index (χ4n) is 2.80. The number of hydrazone groups is 1. The Kier molecular flexibility index (Phi) is 6.72. The van der Waals surface area contributed by atoms with Crippen LogP contribution in [0.1, 0.15) is 18.9 Å². The number of carbonyl (C=O) groups excluding carboxylic acids is 1. The summed E-state index contributed by atoms with van der Waals surface area (Å²) in [5, 5.41) is 15.7. The zero-order valence-corrected chi connectivity index (χ0v) is 17.6. The molecule has 0 radical (unpaired) electrons. The molecule has 0 spiro atoms. The van der Waals surface area contributed by atoms with Crippen molar-refractivity contribution in [3.8, 4) is 17.2 Å². The third-order valence-electron chi connectivity index (χ3n) is 4.35. The van der Waals surface area contributed by atoms with Crippen LogP contribution in [-0.2, 0) is 4.79 Å². The van der Waals surface area contributed by atoms with Crippen LogP contribution < -0.4 is 14.9 Å². The number of ether oxygens (including phenoxy) is 2. The van der Waals surface area contributed by atoms with Crippen molar-refractivity contribution in [1.82, 2.24) is 5.43 Å². The first kappa shape index (κ1) is 20.7. The molecule has 29 heavy (non-hydrogen) atoms. The average Bonchev–Trinajstić information content (AvgIpc) is 2.74. The van der Waals surface area contributed by atoms with Gasteiger partial charge in [0.25, 0.3) is 5.91 Å². The monoisotopic (exact) mass is 456 g/mol. The molecule has 6 nitrogen and oxygen atoms in total. The molecule has 2 N–H and O–H groups in total. The Morgan fingerprint density at radius 3 is 2.76 bits per heavy atom. The molecule has 0 aliphatic carbocycles. The molecule has 0 aromatic heterocycles. The van der Waals surface area contributed by atoms with Crippen LogP contribution in [0.25, 0.3) is 10.8 Å². The fraction of sp³-hybridized carbons (Fsp3) is 0.182. The topological polar surface area (TPSA) is 80.2 Å². The van der Waals surface area contributed by atoms with Gasteiger partial charge in [0, 0.05) is 0 Å². The van der Waals surface area contributed by atoms with E-state index in [1.54, 1.807) is 12.1 Å². The summed E-state index contributed by atoms with van der Waals surface area (Å²) in [6.45, 7) is 1.87. The van der Waals surface area contributed by atoms with Crippen LogP contribution in [0.5, 0.6) is 17.2 Å². The molecule has 0 bridgehead atoms. The number of rotatable bonds is 7. The highest BCUT2D eigenvalue weighted by molar-refractivity contribution is 9.10. The number of nitrogens with zero attached hydrogens (tertiary/aromatic N) is 1. The van der Waals surface area contributed by atoms with Crippen LogP contribution >= 0.6 is 15.9 Å². The van der Waals surface area contributed by atoms with Crippen LogP contribution in [0.15, 0.2) is 64.2 Å².